The van der Waals surface area contributed by atoms with Crippen molar-refractivity contribution >= 4 is 42.9 Å². The van der Waals surface area contributed by atoms with Crippen LogP contribution >= 0.6 is 34.8 Å². The molecule has 0 aliphatic carbocycles. The molecule has 146 valence electrons. The molecule has 2 aromatic carbocycles. The molecule has 1 aliphatic rings. The lowest BCUT2D eigenvalue weighted by atomic mass is 10.0. The number of hydrogen-bond acceptors (Lipinski definition) is 2. The fourth-order valence-electron chi connectivity index (χ4n) is 3.71. The van der Waals surface area contributed by atoms with Crippen LogP contribution in [0.25, 0.3) is 0 Å². The van der Waals surface area contributed by atoms with E-state index in [-0.39, 0.29) is 12.2 Å². The van der Waals surface area contributed by atoms with Crippen molar-refractivity contribution < 1.29 is 9.47 Å². The summed E-state index contributed by atoms with van der Waals surface area (Å²) in [6, 6.07) is 22.8. The molecule has 0 saturated carbocycles. The number of rotatable bonds is 5. The first-order chi connectivity index (χ1) is 12.7. The van der Waals surface area contributed by atoms with Gasteiger partial charge in [-0.3, -0.25) is 0 Å². The third-order valence-electron chi connectivity index (χ3n) is 4.83. The van der Waals surface area contributed by atoms with Crippen LogP contribution in [0.3, 0.4) is 0 Å². The molecule has 3 atom stereocenters. The Balaban J connectivity index is 1.74. The standard InChI is InChI=1S/C21H25Cl3O2Si/c1-27(2,14-16-9-5-3-6-10-16)15-18-13-19(17-11-7-4-8-12-17)26-20(25-18)21(22,23)24/h3-12,18-20H,13-15H2,1-2H3. The number of ether oxygens (including phenoxy) is 2. The maximum atomic E-state index is 6.12. The summed E-state index contributed by atoms with van der Waals surface area (Å²) in [7, 11) is -1.56. The van der Waals surface area contributed by atoms with Crippen molar-refractivity contribution in [3.8, 4) is 0 Å². The van der Waals surface area contributed by atoms with Crippen LogP contribution in [0.5, 0.6) is 0 Å². The zero-order chi connectivity index (χ0) is 19.5. The Morgan fingerprint density at radius 1 is 0.926 bits per heavy atom. The summed E-state index contributed by atoms with van der Waals surface area (Å²) in [4.78, 5) is 0. The molecule has 3 unspecified atom stereocenters. The van der Waals surface area contributed by atoms with Crippen molar-refractivity contribution in [1.82, 2.24) is 0 Å². The highest BCUT2D eigenvalue weighted by molar-refractivity contribution is 6.77. The van der Waals surface area contributed by atoms with E-state index in [1.54, 1.807) is 0 Å². The van der Waals surface area contributed by atoms with Gasteiger partial charge in [-0.15, -0.1) is 0 Å². The Bertz CT molecular complexity index is 719. The van der Waals surface area contributed by atoms with Crippen LogP contribution in [-0.4, -0.2) is 24.3 Å². The van der Waals surface area contributed by atoms with Gasteiger partial charge >= 0.3 is 0 Å². The average Bonchev–Trinajstić information content (AvgIpc) is 2.61. The molecular formula is C21H25Cl3O2Si. The Kier molecular flexibility index (Phi) is 6.94. The molecule has 0 aromatic heterocycles. The van der Waals surface area contributed by atoms with Crippen LogP contribution in [0.4, 0.5) is 0 Å². The molecule has 1 fully saturated rings. The van der Waals surface area contributed by atoms with Gasteiger partial charge in [0.15, 0.2) is 0 Å². The molecule has 0 bridgehead atoms. The second kappa shape index (κ2) is 8.85. The maximum absolute atomic E-state index is 6.12. The van der Waals surface area contributed by atoms with E-state index < -0.39 is 18.2 Å². The van der Waals surface area contributed by atoms with Crippen molar-refractivity contribution in [2.75, 3.05) is 0 Å². The van der Waals surface area contributed by atoms with E-state index in [1.165, 1.54) is 5.56 Å². The molecule has 1 aliphatic heterocycles. The summed E-state index contributed by atoms with van der Waals surface area (Å²) in [5, 5.41) is 0. The second-order valence-corrected chi connectivity index (χ2v) is 15.4. The van der Waals surface area contributed by atoms with Gasteiger partial charge in [0.25, 0.3) is 0 Å². The lowest BCUT2D eigenvalue weighted by Crippen LogP contribution is -2.45. The number of hydrogen-bond donors (Lipinski definition) is 0. The zero-order valence-corrected chi connectivity index (χ0v) is 18.8. The van der Waals surface area contributed by atoms with E-state index in [0.29, 0.717) is 0 Å². The summed E-state index contributed by atoms with van der Waals surface area (Å²) < 4.78 is 10.5. The monoisotopic (exact) mass is 442 g/mol. The minimum absolute atomic E-state index is 0.00922. The Labute approximate surface area is 177 Å². The second-order valence-electron chi connectivity index (χ2n) is 7.93. The van der Waals surface area contributed by atoms with E-state index in [9.17, 15) is 0 Å². The highest BCUT2D eigenvalue weighted by atomic mass is 35.6. The van der Waals surface area contributed by atoms with Crippen molar-refractivity contribution in [1.29, 1.82) is 0 Å². The molecule has 2 aromatic rings. The van der Waals surface area contributed by atoms with Crippen LogP contribution in [0.2, 0.25) is 19.1 Å². The third kappa shape index (κ3) is 6.21. The van der Waals surface area contributed by atoms with Gasteiger partial charge in [-0.05, 0) is 17.7 Å². The van der Waals surface area contributed by atoms with Gasteiger partial charge in [0.05, 0.1) is 20.3 Å². The first-order valence-electron chi connectivity index (χ1n) is 9.19. The van der Waals surface area contributed by atoms with Gasteiger partial charge in [-0.25, -0.2) is 0 Å². The Morgan fingerprint density at radius 3 is 2.11 bits per heavy atom. The normalized spacial score (nSPS) is 24.0. The molecule has 0 spiro atoms. The van der Waals surface area contributed by atoms with Gasteiger partial charge in [-0.2, -0.15) is 0 Å². The van der Waals surface area contributed by atoms with Crippen LogP contribution in [0, 0.1) is 0 Å². The maximum Gasteiger partial charge on any atom is 0.240 e. The molecule has 2 nitrogen and oxygen atoms in total. The van der Waals surface area contributed by atoms with Gasteiger partial charge < -0.3 is 9.47 Å². The van der Waals surface area contributed by atoms with E-state index >= 15 is 0 Å². The molecule has 3 rings (SSSR count). The Morgan fingerprint density at radius 2 is 1.52 bits per heavy atom. The van der Waals surface area contributed by atoms with Crippen LogP contribution in [0.1, 0.15) is 23.7 Å². The third-order valence-corrected chi connectivity index (χ3v) is 8.29. The average molecular weight is 444 g/mol. The highest BCUT2D eigenvalue weighted by Gasteiger charge is 2.43. The quantitative estimate of drug-likeness (QED) is 0.377. The summed E-state index contributed by atoms with van der Waals surface area (Å²) in [5.74, 6) is 0. The number of alkyl halides is 3. The van der Waals surface area contributed by atoms with Crippen molar-refractivity contribution in [3.05, 3.63) is 71.8 Å². The molecule has 6 heteroatoms. The first kappa shape index (κ1) is 21.2. The molecule has 0 amide bonds. The zero-order valence-electron chi connectivity index (χ0n) is 15.6. The van der Waals surface area contributed by atoms with Gasteiger partial charge in [0.2, 0.25) is 10.1 Å². The topological polar surface area (TPSA) is 18.5 Å². The van der Waals surface area contributed by atoms with Crippen LogP contribution < -0.4 is 0 Å². The van der Waals surface area contributed by atoms with Crippen molar-refractivity contribution in [3.63, 3.8) is 0 Å². The molecule has 1 saturated heterocycles. The van der Waals surface area contributed by atoms with E-state index in [1.807, 2.05) is 18.2 Å². The van der Waals surface area contributed by atoms with Crippen LogP contribution in [0.15, 0.2) is 60.7 Å². The predicted octanol–water partition coefficient (Wildman–Crippen LogP) is 6.72. The molecule has 27 heavy (non-hydrogen) atoms. The van der Waals surface area contributed by atoms with E-state index in [4.69, 9.17) is 44.3 Å². The minimum Gasteiger partial charge on any atom is -0.345 e. The summed E-state index contributed by atoms with van der Waals surface area (Å²) in [5.41, 5.74) is 2.46. The van der Waals surface area contributed by atoms with Crippen molar-refractivity contribution in [2.24, 2.45) is 0 Å². The summed E-state index contributed by atoms with van der Waals surface area (Å²) >= 11 is 18.4. The lowest BCUT2D eigenvalue weighted by Gasteiger charge is -2.41. The number of halogens is 3. The molecule has 1 heterocycles. The summed E-state index contributed by atoms with van der Waals surface area (Å²) in [6.07, 6.45) is -0.220. The number of benzene rings is 2. The molecular weight excluding hydrogens is 419 g/mol. The SMILES string of the molecule is C[Si](C)(Cc1ccccc1)CC1CC(c2ccccc2)OC(C(Cl)(Cl)Cl)O1. The molecule has 0 radical (unpaired) electrons. The fraction of sp³-hybridized carbons (Fsp3) is 0.429. The smallest absolute Gasteiger partial charge is 0.240 e. The van der Waals surface area contributed by atoms with Gasteiger partial charge in [-0.1, -0.05) is 114 Å². The Hall–Kier alpha value is -0.553. The van der Waals surface area contributed by atoms with E-state index in [0.717, 1.165) is 24.1 Å². The lowest BCUT2D eigenvalue weighted by molar-refractivity contribution is -0.238. The van der Waals surface area contributed by atoms with Crippen molar-refractivity contribution in [2.45, 2.75) is 53.9 Å². The van der Waals surface area contributed by atoms with Gasteiger partial charge in [0.1, 0.15) is 0 Å². The highest BCUT2D eigenvalue weighted by Crippen LogP contribution is 2.42. The fourth-order valence-corrected chi connectivity index (χ4v) is 7.00. The minimum atomic E-state index is -1.61. The van der Waals surface area contributed by atoms with Gasteiger partial charge in [0, 0.05) is 6.42 Å². The molecule has 0 N–H and O–H groups in total. The summed E-state index contributed by atoms with van der Waals surface area (Å²) in [6.45, 7) is 4.78. The van der Waals surface area contributed by atoms with Crippen LogP contribution in [-0.2, 0) is 15.5 Å². The first-order valence-corrected chi connectivity index (χ1v) is 13.7. The predicted molar refractivity (Wildman–Crippen MR) is 116 cm³/mol. The van der Waals surface area contributed by atoms with E-state index in [2.05, 4.69) is 55.6 Å². The largest absolute Gasteiger partial charge is 0.345 e.